The van der Waals surface area contributed by atoms with Crippen molar-refractivity contribution in [1.29, 1.82) is 10.8 Å². The van der Waals surface area contributed by atoms with Gasteiger partial charge in [-0.05, 0) is 30.0 Å². The number of aliphatic hydroxyl groups excluding tert-OH is 1. The summed E-state index contributed by atoms with van der Waals surface area (Å²) in [6.45, 7) is 4.94. The zero-order valence-electron chi connectivity index (χ0n) is 22.1. The maximum Gasteiger partial charge on any atom is 0.271 e. The third kappa shape index (κ3) is 3.97. The molecule has 8 N–H and O–H groups in total. The molecule has 4 aliphatic heterocycles. The fourth-order valence-corrected chi connectivity index (χ4v) is 6.21. The molecular weight excluding hydrogens is 516 g/mol. The molecule has 4 aliphatic rings. The SMILES string of the molecule is CC1(C)CCOc2c(C(=O)NC3CN4C(=N)N[C@@H](CNC(=O)c5cccnn5)C5NC(=N)NC54[C@@H]3O)cccc21. The summed E-state index contributed by atoms with van der Waals surface area (Å²) < 4.78 is 5.92. The smallest absolute Gasteiger partial charge is 0.271 e. The molecule has 0 aliphatic carbocycles. The second-order valence-corrected chi connectivity index (χ2v) is 11.2. The molecule has 1 aromatic carbocycles. The number of nitrogens with zero attached hydrogens (tertiary/aromatic N) is 3. The van der Waals surface area contributed by atoms with Crippen LogP contribution in [0.2, 0.25) is 0 Å². The molecule has 2 aromatic rings. The number of ether oxygens (including phenoxy) is 1. The molecule has 14 nitrogen and oxygen atoms in total. The lowest BCUT2D eigenvalue weighted by Crippen LogP contribution is -2.78. The van der Waals surface area contributed by atoms with Crippen molar-refractivity contribution in [2.45, 2.75) is 55.6 Å². The highest BCUT2D eigenvalue weighted by Crippen LogP contribution is 2.41. The van der Waals surface area contributed by atoms with E-state index in [2.05, 4.69) is 50.6 Å². The van der Waals surface area contributed by atoms with E-state index in [0.717, 1.165) is 12.0 Å². The van der Waals surface area contributed by atoms with Gasteiger partial charge in [-0.2, -0.15) is 5.10 Å². The third-order valence-electron chi connectivity index (χ3n) is 8.32. The van der Waals surface area contributed by atoms with E-state index in [9.17, 15) is 14.7 Å². The number of carbonyl (C=O) groups excluding carboxylic acids is 2. The van der Waals surface area contributed by atoms with Gasteiger partial charge in [0.05, 0.1) is 30.3 Å². The van der Waals surface area contributed by atoms with Gasteiger partial charge in [0.1, 0.15) is 11.9 Å². The molecule has 14 heteroatoms. The summed E-state index contributed by atoms with van der Waals surface area (Å²) in [4.78, 5) is 27.7. The van der Waals surface area contributed by atoms with Crippen LogP contribution in [0.4, 0.5) is 0 Å². The summed E-state index contributed by atoms with van der Waals surface area (Å²) in [5, 5.41) is 51.1. The summed E-state index contributed by atoms with van der Waals surface area (Å²) >= 11 is 0. The number of hydrogen-bond donors (Lipinski definition) is 8. The highest BCUT2D eigenvalue weighted by molar-refractivity contribution is 5.98. The Hall–Kier alpha value is -4.46. The first-order chi connectivity index (χ1) is 19.1. The first-order valence-electron chi connectivity index (χ1n) is 13.2. The molecule has 210 valence electrons. The summed E-state index contributed by atoms with van der Waals surface area (Å²) in [7, 11) is 0. The average Bonchev–Trinajstić information content (AvgIpc) is 3.43. The van der Waals surface area contributed by atoms with Gasteiger partial charge >= 0.3 is 0 Å². The van der Waals surface area contributed by atoms with E-state index in [4.69, 9.17) is 15.6 Å². The molecule has 1 spiro atoms. The van der Waals surface area contributed by atoms with Crippen molar-refractivity contribution >= 4 is 23.7 Å². The lowest BCUT2D eigenvalue weighted by atomic mass is 9.79. The van der Waals surface area contributed by atoms with E-state index in [0.29, 0.717) is 17.9 Å². The van der Waals surface area contributed by atoms with Gasteiger partial charge in [0, 0.05) is 24.8 Å². The molecule has 0 radical (unpaired) electrons. The minimum atomic E-state index is -1.30. The maximum atomic E-state index is 13.5. The molecule has 3 saturated heterocycles. The number of aliphatic hydroxyl groups is 1. The quantitative estimate of drug-likeness (QED) is 0.225. The van der Waals surface area contributed by atoms with E-state index >= 15 is 0 Å². The Morgan fingerprint density at radius 1 is 1.20 bits per heavy atom. The Morgan fingerprint density at radius 2 is 2.02 bits per heavy atom. The van der Waals surface area contributed by atoms with Gasteiger partial charge in [-0.25, -0.2) is 0 Å². The van der Waals surface area contributed by atoms with Crippen molar-refractivity contribution < 1.29 is 19.4 Å². The summed E-state index contributed by atoms with van der Waals surface area (Å²) in [5.74, 6) is -0.312. The van der Waals surface area contributed by atoms with Gasteiger partial charge < -0.3 is 41.3 Å². The number of fused-ring (bicyclic) bond motifs is 1. The van der Waals surface area contributed by atoms with Crippen molar-refractivity contribution in [3.05, 3.63) is 53.3 Å². The normalized spacial score (nSPS) is 29.5. The van der Waals surface area contributed by atoms with E-state index < -0.39 is 35.8 Å². The topological polar surface area (TPSA) is 200 Å². The van der Waals surface area contributed by atoms with Crippen LogP contribution >= 0.6 is 0 Å². The number of guanidine groups is 2. The Balaban J connectivity index is 1.23. The van der Waals surface area contributed by atoms with Gasteiger partial charge in [0.15, 0.2) is 23.3 Å². The Labute approximate surface area is 230 Å². The van der Waals surface area contributed by atoms with E-state index in [-0.39, 0.29) is 42.0 Å². The molecule has 0 saturated carbocycles. The molecule has 3 unspecified atom stereocenters. The molecule has 5 atom stereocenters. The van der Waals surface area contributed by atoms with Crippen LogP contribution in [0.5, 0.6) is 5.75 Å². The Bertz CT molecular complexity index is 1380. The number of amides is 2. The van der Waals surface area contributed by atoms with Gasteiger partial charge in [-0.15, -0.1) is 5.10 Å². The zero-order valence-corrected chi connectivity index (χ0v) is 22.1. The Kier molecular flexibility index (Phi) is 6.02. The second-order valence-electron chi connectivity index (χ2n) is 11.2. The molecule has 40 heavy (non-hydrogen) atoms. The van der Waals surface area contributed by atoms with Gasteiger partial charge in [-0.3, -0.25) is 20.4 Å². The largest absolute Gasteiger partial charge is 0.492 e. The summed E-state index contributed by atoms with van der Waals surface area (Å²) in [6.07, 6.45) is 1.11. The van der Waals surface area contributed by atoms with Crippen LogP contribution in [0, 0.1) is 10.8 Å². The number of carbonyl (C=O) groups is 2. The number of hydrogen-bond acceptors (Lipinski definition) is 8. The second kappa shape index (κ2) is 9.33. The number of aromatic nitrogens is 2. The minimum absolute atomic E-state index is 0.00280. The number of nitrogens with one attached hydrogen (secondary N) is 7. The average molecular weight is 549 g/mol. The Morgan fingerprint density at radius 3 is 2.80 bits per heavy atom. The lowest BCUT2D eigenvalue weighted by molar-refractivity contribution is 0.00611. The number of benzene rings is 1. The lowest BCUT2D eigenvalue weighted by Gasteiger charge is -2.49. The standard InChI is InChI=1S/C26H32N10O4/c1-25(2)8-10-40-18-13(5-3-6-14(18)25)21(38)31-17-12-36-24(28)32-16(11-29-22(39)15-7-4-9-30-35-15)19-26(36,20(17)37)34-23(27)33-19/h3-7,9,16-17,19-20,37H,8,10-12H2,1-2H3,(H2,28,32)(H,29,39)(H,31,38)(H3,27,33,34)/t16-,17?,19?,20+,26?/m0/s1. The molecule has 5 heterocycles. The predicted octanol–water partition coefficient (Wildman–Crippen LogP) is -1.16. The number of para-hydroxylation sites is 1. The molecule has 0 bridgehead atoms. The van der Waals surface area contributed by atoms with Crippen molar-refractivity contribution in [2.24, 2.45) is 0 Å². The van der Waals surface area contributed by atoms with Crippen LogP contribution in [0.3, 0.4) is 0 Å². The van der Waals surface area contributed by atoms with Crippen LogP contribution in [-0.2, 0) is 5.41 Å². The van der Waals surface area contributed by atoms with Crippen molar-refractivity contribution in [2.75, 3.05) is 19.7 Å². The highest BCUT2D eigenvalue weighted by Gasteiger charge is 2.66. The fourth-order valence-electron chi connectivity index (χ4n) is 6.21. The monoisotopic (exact) mass is 548 g/mol. The van der Waals surface area contributed by atoms with Crippen molar-refractivity contribution in [3.8, 4) is 5.75 Å². The van der Waals surface area contributed by atoms with E-state index in [1.54, 1.807) is 17.0 Å². The zero-order chi connectivity index (χ0) is 28.2. The minimum Gasteiger partial charge on any atom is -0.492 e. The van der Waals surface area contributed by atoms with Crippen molar-refractivity contribution in [1.82, 2.24) is 41.7 Å². The number of rotatable bonds is 5. The van der Waals surface area contributed by atoms with Gasteiger partial charge in [0.2, 0.25) is 0 Å². The van der Waals surface area contributed by atoms with Crippen molar-refractivity contribution in [3.63, 3.8) is 0 Å². The van der Waals surface area contributed by atoms with Crippen LogP contribution in [0.15, 0.2) is 36.5 Å². The molecule has 3 fully saturated rings. The first-order valence-corrected chi connectivity index (χ1v) is 13.2. The predicted molar refractivity (Wildman–Crippen MR) is 143 cm³/mol. The van der Waals surface area contributed by atoms with Crippen LogP contribution in [0.1, 0.15) is 46.7 Å². The highest BCUT2D eigenvalue weighted by atomic mass is 16.5. The van der Waals surface area contributed by atoms with E-state index in [1.807, 2.05) is 12.1 Å². The molecule has 2 amide bonds. The molecule has 6 rings (SSSR count). The van der Waals surface area contributed by atoms with E-state index in [1.165, 1.54) is 12.3 Å². The van der Waals surface area contributed by atoms with Crippen LogP contribution < -0.4 is 31.3 Å². The van der Waals surface area contributed by atoms with Gasteiger partial charge in [-0.1, -0.05) is 26.0 Å². The van der Waals surface area contributed by atoms with Crippen LogP contribution in [0.25, 0.3) is 0 Å². The third-order valence-corrected chi connectivity index (χ3v) is 8.32. The molecular formula is C26H32N10O4. The van der Waals surface area contributed by atoms with Gasteiger partial charge in [0.25, 0.3) is 11.8 Å². The summed E-state index contributed by atoms with van der Waals surface area (Å²) in [5.41, 5.74) is 0.0608. The molecule has 1 aromatic heterocycles. The first kappa shape index (κ1) is 25.8. The maximum absolute atomic E-state index is 13.5. The summed E-state index contributed by atoms with van der Waals surface area (Å²) in [6, 6.07) is 6.69. The fraction of sp³-hybridized carbons (Fsp3) is 0.462. The van der Waals surface area contributed by atoms with Crippen LogP contribution in [-0.4, -0.2) is 93.5 Å².